The van der Waals surface area contributed by atoms with Crippen LogP contribution in [0.15, 0.2) is 41.3 Å². The number of hydrogen-bond acceptors (Lipinski definition) is 7. The summed E-state index contributed by atoms with van der Waals surface area (Å²) in [6.07, 6.45) is 10.0. The maximum Gasteiger partial charge on any atom is 0.181 e. The van der Waals surface area contributed by atoms with Crippen LogP contribution in [0.4, 0.5) is 0 Å². The van der Waals surface area contributed by atoms with Gasteiger partial charge in [-0.15, -0.1) is 0 Å². The SMILES string of the molecule is Cc1cc(CCCCOCCCCCCNCC(O)c2ccc(O)c(CO)c2)cc(S(=O)(=O)C2CCCC2)c1. The van der Waals surface area contributed by atoms with Gasteiger partial charge in [-0.05, 0) is 99.4 Å². The Balaban J connectivity index is 1.20. The fourth-order valence-corrected chi connectivity index (χ4v) is 7.27. The van der Waals surface area contributed by atoms with Crippen molar-refractivity contribution in [3.63, 3.8) is 0 Å². The summed E-state index contributed by atoms with van der Waals surface area (Å²) in [7, 11) is -3.21. The Kier molecular flexibility index (Phi) is 13.2. The summed E-state index contributed by atoms with van der Waals surface area (Å²) in [5, 5.41) is 32.2. The molecule has 8 heteroatoms. The Hall–Kier alpha value is -1.97. The Morgan fingerprint density at radius 2 is 1.69 bits per heavy atom. The Labute approximate surface area is 234 Å². The number of aryl methyl sites for hydroxylation is 2. The van der Waals surface area contributed by atoms with Crippen LogP contribution < -0.4 is 5.32 Å². The van der Waals surface area contributed by atoms with Crippen LogP contribution in [0.1, 0.15) is 92.6 Å². The van der Waals surface area contributed by atoms with Crippen LogP contribution in [0.5, 0.6) is 5.75 Å². The lowest BCUT2D eigenvalue weighted by Crippen LogP contribution is -2.22. The molecular weight excluding hydrogens is 514 g/mol. The van der Waals surface area contributed by atoms with E-state index in [1.807, 2.05) is 19.1 Å². The molecule has 4 N–H and O–H groups in total. The summed E-state index contributed by atoms with van der Waals surface area (Å²) >= 11 is 0. The average molecular weight is 562 g/mol. The molecular formula is C31H47NO6S. The molecule has 1 aliphatic carbocycles. The largest absolute Gasteiger partial charge is 0.508 e. The highest BCUT2D eigenvalue weighted by atomic mass is 32.2. The fourth-order valence-electron chi connectivity index (χ4n) is 5.26. The molecule has 0 heterocycles. The van der Waals surface area contributed by atoms with E-state index in [2.05, 4.69) is 11.4 Å². The third kappa shape index (κ3) is 10.2. The maximum atomic E-state index is 13.0. The zero-order chi connectivity index (χ0) is 28.1. The van der Waals surface area contributed by atoms with Gasteiger partial charge in [0.25, 0.3) is 0 Å². The first-order valence-electron chi connectivity index (χ1n) is 14.5. The van der Waals surface area contributed by atoms with Crippen molar-refractivity contribution in [1.29, 1.82) is 0 Å². The van der Waals surface area contributed by atoms with Gasteiger partial charge in [-0.2, -0.15) is 0 Å². The number of nitrogens with one attached hydrogen (secondary N) is 1. The van der Waals surface area contributed by atoms with Gasteiger partial charge in [0.15, 0.2) is 9.84 Å². The highest BCUT2D eigenvalue weighted by Crippen LogP contribution is 2.30. The van der Waals surface area contributed by atoms with Crippen LogP contribution in [0.2, 0.25) is 0 Å². The maximum absolute atomic E-state index is 13.0. The second-order valence-electron chi connectivity index (χ2n) is 10.9. The molecule has 3 rings (SSSR count). The third-order valence-electron chi connectivity index (χ3n) is 7.57. The number of sulfone groups is 1. The topological polar surface area (TPSA) is 116 Å². The molecule has 0 amide bonds. The number of benzene rings is 2. The first-order chi connectivity index (χ1) is 18.8. The molecule has 0 radical (unpaired) electrons. The third-order valence-corrected chi connectivity index (χ3v) is 9.81. The van der Waals surface area contributed by atoms with E-state index in [-0.39, 0.29) is 17.6 Å². The number of aliphatic hydroxyl groups excluding tert-OH is 2. The number of hydrogen-bond donors (Lipinski definition) is 4. The van der Waals surface area contributed by atoms with Crippen LogP contribution in [0, 0.1) is 6.92 Å². The van der Waals surface area contributed by atoms with Crippen LogP contribution in [0.3, 0.4) is 0 Å². The number of phenols is 1. The predicted molar refractivity (Wildman–Crippen MR) is 155 cm³/mol. The van der Waals surface area contributed by atoms with Crippen molar-refractivity contribution >= 4 is 9.84 Å². The van der Waals surface area contributed by atoms with E-state index < -0.39 is 15.9 Å². The minimum atomic E-state index is -3.21. The highest BCUT2D eigenvalue weighted by Gasteiger charge is 2.30. The first kappa shape index (κ1) is 31.6. The lowest BCUT2D eigenvalue weighted by Gasteiger charge is -2.14. The normalized spacial score (nSPS) is 15.2. The molecule has 0 aromatic heterocycles. The Morgan fingerprint density at radius 3 is 2.44 bits per heavy atom. The van der Waals surface area contributed by atoms with E-state index >= 15 is 0 Å². The summed E-state index contributed by atoms with van der Waals surface area (Å²) in [6.45, 7) is 4.46. The summed E-state index contributed by atoms with van der Waals surface area (Å²) in [4.78, 5) is 0.501. The van der Waals surface area contributed by atoms with Crippen LogP contribution in [-0.2, 0) is 27.6 Å². The van der Waals surface area contributed by atoms with Gasteiger partial charge >= 0.3 is 0 Å². The molecule has 0 aliphatic heterocycles. The minimum absolute atomic E-state index is 0.0373. The van der Waals surface area contributed by atoms with Crippen LogP contribution >= 0.6 is 0 Å². The molecule has 0 saturated heterocycles. The summed E-state index contributed by atoms with van der Waals surface area (Å²) < 4.78 is 31.7. The van der Waals surface area contributed by atoms with Gasteiger partial charge in [0, 0.05) is 25.3 Å². The van der Waals surface area contributed by atoms with Gasteiger partial charge in [-0.1, -0.05) is 37.8 Å². The van der Waals surface area contributed by atoms with Crippen molar-refractivity contribution in [1.82, 2.24) is 5.32 Å². The Bertz CT molecular complexity index is 1110. The molecule has 1 fully saturated rings. The van der Waals surface area contributed by atoms with Crippen molar-refractivity contribution in [2.45, 2.75) is 100 Å². The van der Waals surface area contributed by atoms with Crippen LogP contribution in [-0.4, -0.2) is 55.3 Å². The number of rotatable bonds is 18. The van der Waals surface area contributed by atoms with Gasteiger partial charge in [-0.25, -0.2) is 8.42 Å². The minimum Gasteiger partial charge on any atom is -0.508 e. The molecule has 39 heavy (non-hydrogen) atoms. The quantitative estimate of drug-likeness (QED) is 0.186. The number of unbranched alkanes of at least 4 members (excludes halogenated alkanes) is 4. The second kappa shape index (κ2) is 16.3. The summed E-state index contributed by atoms with van der Waals surface area (Å²) in [6, 6.07) is 10.6. The fraction of sp³-hybridized carbons (Fsp3) is 0.613. The molecule has 2 aromatic carbocycles. The van der Waals surface area contributed by atoms with E-state index in [0.29, 0.717) is 22.6 Å². The van der Waals surface area contributed by atoms with E-state index in [1.54, 1.807) is 12.1 Å². The van der Waals surface area contributed by atoms with Gasteiger partial charge in [0.1, 0.15) is 5.75 Å². The molecule has 1 unspecified atom stereocenters. The number of ether oxygens (including phenoxy) is 1. The van der Waals surface area contributed by atoms with Crippen molar-refractivity contribution in [3.8, 4) is 5.75 Å². The molecule has 0 spiro atoms. The lowest BCUT2D eigenvalue weighted by molar-refractivity contribution is 0.126. The molecule has 0 bridgehead atoms. The standard InChI is InChI=1S/C31H47NO6S/c1-24-18-25(20-29(19-24)39(36,37)28-11-4-5-12-28)10-6-9-17-38-16-8-3-2-7-15-32-22-31(35)26-13-14-30(34)27(21-26)23-33/h13-14,18-21,28,31-35H,2-12,15-17,22-23H2,1H3. The zero-order valence-electron chi connectivity index (χ0n) is 23.4. The Morgan fingerprint density at radius 1 is 0.974 bits per heavy atom. The van der Waals surface area contributed by atoms with E-state index in [9.17, 15) is 23.7 Å². The molecule has 1 aliphatic rings. The van der Waals surface area contributed by atoms with E-state index in [1.165, 1.54) is 6.07 Å². The zero-order valence-corrected chi connectivity index (χ0v) is 24.2. The van der Waals surface area contributed by atoms with Crippen LogP contribution in [0.25, 0.3) is 0 Å². The molecule has 7 nitrogen and oxygen atoms in total. The predicted octanol–water partition coefficient (Wildman–Crippen LogP) is 5.13. The summed E-state index contributed by atoms with van der Waals surface area (Å²) in [5.74, 6) is 0.0373. The first-order valence-corrected chi connectivity index (χ1v) is 16.1. The average Bonchev–Trinajstić information content (AvgIpc) is 3.47. The van der Waals surface area contributed by atoms with Gasteiger partial charge in [0.2, 0.25) is 0 Å². The molecule has 2 aromatic rings. The smallest absolute Gasteiger partial charge is 0.181 e. The van der Waals surface area contributed by atoms with Crippen molar-refractivity contribution in [2.24, 2.45) is 0 Å². The van der Waals surface area contributed by atoms with Gasteiger partial charge in [0.05, 0.1) is 22.9 Å². The summed E-state index contributed by atoms with van der Waals surface area (Å²) in [5.41, 5.74) is 3.21. The van der Waals surface area contributed by atoms with Gasteiger partial charge in [-0.3, -0.25) is 0 Å². The van der Waals surface area contributed by atoms with Crippen molar-refractivity contribution < 1.29 is 28.5 Å². The van der Waals surface area contributed by atoms with E-state index in [0.717, 1.165) is 102 Å². The lowest BCUT2D eigenvalue weighted by atomic mass is 10.1. The molecule has 218 valence electrons. The second-order valence-corrected chi connectivity index (χ2v) is 13.1. The number of aromatic hydroxyl groups is 1. The molecule has 1 atom stereocenters. The molecule has 1 saturated carbocycles. The monoisotopic (exact) mass is 561 g/mol. The van der Waals surface area contributed by atoms with Crippen molar-refractivity contribution in [2.75, 3.05) is 26.3 Å². The van der Waals surface area contributed by atoms with E-state index in [4.69, 9.17) is 4.74 Å². The van der Waals surface area contributed by atoms with Crippen molar-refractivity contribution in [3.05, 3.63) is 58.7 Å². The van der Waals surface area contributed by atoms with Gasteiger partial charge < -0.3 is 25.4 Å². The highest BCUT2D eigenvalue weighted by molar-refractivity contribution is 7.92. The number of aliphatic hydroxyl groups is 2.